The summed E-state index contributed by atoms with van der Waals surface area (Å²) in [5.74, 6) is -4.22. The number of hydrogen-bond donors (Lipinski definition) is 1. The number of benzene rings is 2. The molecule has 0 aliphatic carbocycles. The molecule has 8 nitrogen and oxygen atoms in total. The number of alkyl halides is 2. The molecule has 0 radical (unpaired) electrons. The van der Waals surface area contributed by atoms with Crippen molar-refractivity contribution in [2.45, 2.75) is 70.1 Å². The molecule has 0 bridgehead atoms. The maximum atomic E-state index is 14.2. The maximum Gasteiger partial charge on any atom is 0.270 e. The fourth-order valence-electron chi connectivity index (χ4n) is 6.56. The van der Waals surface area contributed by atoms with Crippen LogP contribution in [0.3, 0.4) is 0 Å². The lowest BCUT2D eigenvalue weighted by molar-refractivity contribution is -0.149. The van der Waals surface area contributed by atoms with E-state index in [2.05, 4.69) is 11.4 Å². The molecule has 3 aromatic rings. The van der Waals surface area contributed by atoms with Crippen LogP contribution in [-0.4, -0.2) is 76.1 Å². The van der Waals surface area contributed by atoms with Gasteiger partial charge in [-0.15, -0.1) is 11.3 Å². The molecule has 3 atom stereocenters. The van der Waals surface area contributed by atoms with Gasteiger partial charge in [0.15, 0.2) is 0 Å². The van der Waals surface area contributed by atoms with Gasteiger partial charge in [-0.25, -0.2) is 8.78 Å². The fraction of sp³-hybridized carbons (Fsp3) is 0.438. The highest BCUT2D eigenvalue weighted by atomic mass is 32.1. The summed E-state index contributed by atoms with van der Waals surface area (Å²) in [6.45, 7) is 3.72. The second-order valence-electron chi connectivity index (χ2n) is 11.8. The fourth-order valence-corrected chi connectivity index (χ4v) is 7.51. The van der Waals surface area contributed by atoms with Crippen LogP contribution in [0.15, 0.2) is 48.5 Å². The molecule has 0 unspecified atom stereocenters. The number of thiophene rings is 1. The minimum absolute atomic E-state index is 0.0156. The Bertz CT molecular complexity index is 1600. The van der Waals surface area contributed by atoms with Gasteiger partial charge in [0, 0.05) is 56.3 Å². The first-order valence-electron chi connectivity index (χ1n) is 14.7. The number of halogens is 2. The molecule has 2 saturated heterocycles. The van der Waals surface area contributed by atoms with Crippen molar-refractivity contribution in [2.24, 2.45) is 0 Å². The molecular formula is C32H34F2N4O4S. The van der Waals surface area contributed by atoms with Crippen LogP contribution in [0, 0.1) is 0 Å². The summed E-state index contributed by atoms with van der Waals surface area (Å²) in [5, 5.41) is 3.33. The third-order valence-electron chi connectivity index (χ3n) is 8.92. The molecule has 4 heterocycles. The number of nitrogens with one attached hydrogen (secondary N) is 1. The van der Waals surface area contributed by atoms with Crippen LogP contribution in [0.4, 0.5) is 8.78 Å². The van der Waals surface area contributed by atoms with Gasteiger partial charge in [0.05, 0.1) is 4.88 Å². The quantitative estimate of drug-likeness (QED) is 0.478. The molecule has 0 spiro atoms. The summed E-state index contributed by atoms with van der Waals surface area (Å²) in [5.41, 5.74) is 2.19. The van der Waals surface area contributed by atoms with Gasteiger partial charge in [-0.3, -0.25) is 19.2 Å². The lowest BCUT2D eigenvalue weighted by Crippen LogP contribution is -2.61. The van der Waals surface area contributed by atoms with Crippen LogP contribution in [-0.2, 0) is 33.3 Å². The Hall–Kier alpha value is -3.86. The Morgan fingerprint density at radius 3 is 2.49 bits per heavy atom. The second-order valence-corrected chi connectivity index (χ2v) is 12.9. The Labute approximate surface area is 252 Å². The van der Waals surface area contributed by atoms with Crippen molar-refractivity contribution < 1.29 is 28.0 Å². The summed E-state index contributed by atoms with van der Waals surface area (Å²) in [6, 6.07) is 12.0. The molecule has 3 aliphatic heterocycles. The zero-order valence-corrected chi connectivity index (χ0v) is 25.0. The van der Waals surface area contributed by atoms with Gasteiger partial charge in [-0.2, -0.15) is 0 Å². The minimum atomic E-state index is -3.02. The summed E-state index contributed by atoms with van der Waals surface area (Å²) in [7, 11) is 0. The highest BCUT2D eigenvalue weighted by molar-refractivity contribution is 7.20. The Morgan fingerprint density at radius 1 is 0.977 bits per heavy atom. The van der Waals surface area contributed by atoms with Crippen LogP contribution >= 0.6 is 11.3 Å². The molecule has 43 heavy (non-hydrogen) atoms. The molecule has 226 valence electrons. The van der Waals surface area contributed by atoms with Crippen LogP contribution in [0.2, 0.25) is 0 Å². The predicted octanol–water partition coefficient (Wildman–Crippen LogP) is 4.31. The van der Waals surface area contributed by atoms with Crippen LogP contribution in [0.1, 0.15) is 59.5 Å². The first-order valence-corrected chi connectivity index (χ1v) is 15.5. The molecule has 6 rings (SSSR count). The molecule has 2 aromatic carbocycles. The smallest absolute Gasteiger partial charge is 0.270 e. The molecule has 11 heteroatoms. The number of carbonyl (C=O) groups is 4. The molecule has 0 saturated carbocycles. The van der Waals surface area contributed by atoms with Crippen molar-refractivity contribution in [3.05, 3.63) is 70.1 Å². The first kappa shape index (κ1) is 29.2. The lowest BCUT2D eigenvalue weighted by atomic mass is 9.99. The second kappa shape index (κ2) is 11.3. The van der Waals surface area contributed by atoms with Crippen molar-refractivity contribution in [3.8, 4) is 0 Å². The van der Waals surface area contributed by atoms with Crippen LogP contribution < -0.4 is 5.32 Å². The van der Waals surface area contributed by atoms with Gasteiger partial charge < -0.3 is 20.0 Å². The summed E-state index contributed by atoms with van der Waals surface area (Å²) < 4.78 is 28.4. The van der Waals surface area contributed by atoms with E-state index >= 15 is 0 Å². The Kier molecular flexibility index (Phi) is 7.70. The predicted molar refractivity (Wildman–Crippen MR) is 159 cm³/mol. The number of rotatable bonds is 4. The van der Waals surface area contributed by atoms with E-state index in [0.717, 1.165) is 30.2 Å². The number of nitrogens with zero attached hydrogens (tertiary/aromatic N) is 3. The van der Waals surface area contributed by atoms with Crippen molar-refractivity contribution >= 4 is 45.1 Å². The minimum Gasteiger partial charge on any atom is -0.340 e. The van der Waals surface area contributed by atoms with E-state index in [1.165, 1.54) is 24.6 Å². The molecular weight excluding hydrogens is 574 g/mol. The average molecular weight is 609 g/mol. The zero-order chi connectivity index (χ0) is 30.5. The van der Waals surface area contributed by atoms with Crippen LogP contribution in [0.25, 0.3) is 10.1 Å². The number of hydrogen-bond acceptors (Lipinski definition) is 5. The topological polar surface area (TPSA) is 90.0 Å². The van der Waals surface area contributed by atoms with Gasteiger partial charge in [0.1, 0.15) is 12.1 Å². The number of fused-ring (bicyclic) bond motifs is 3. The van der Waals surface area contributed by atoms with E-state index in [1.807, 2.05) is 23.1 Å². The van der Waals surface area contributed by atoms with Crippen molar-refractivity contribution in [3.63, 3.8) is 0 Å². The average Bonchev–Trinajstić information content (AvgIpc) is 3.60. The maximum absolute atomic E-state index is 14.2. The van der Waals surface area contributed by atoms with Crippen molar-refractivity contribution in [1.82, 2.24) is 20.0 Å². The molecule has 1 aromatic heterocycles. The molecule has 4 amide bonds. The van der Waals surface area contributed by atoms with Gasteiger partial charge in [-0.05, 0) is 60.4 Å². The third kappa shape index (κ3) is 5.74. The highest BCUT2D eigenvalue weighted by Crippen LogP contribution is 2.34. The summed E-state index contributed by atoms with van der Waals surface area (Å²) in [4.78, 5) is 59.2. The van der Waals surface area contributed by atoms with E-state index < -0.39 is 23.9 Å². The largest absolute Gasteiger partial charge is 0.340 e. The molecule has 3 aliphatic rings. The van der Waals surface area contributed by atoms with Gasteiger partial charge in [0.25, 0.3) is 11.8 Å². The van der Waals surface area contributed by atoms with Gasteiger partial charge >= 0.3 is 0 Å². The number of carbonyl (C=O) groups excluding carboxylic acids is 4. The zero-order valence-electron chi connectivity index (χ0n) is 24.1. The summed E-state index contributed by atoms with van der Waals surface area (Å²) >= 11 is 1.15. The molecule has 2 fully saturated rings. The normalized spacial score (nSPS) is 22.6. The SMILES string of the molecule is CC(=O)N1CC[C@H]2CC[C@@H](C(=O)N3CCc4ccccc4C3)N2C(=O)[C@@H](NC(=O)c2cc3cc(C(C)(F)F)ccc3s2)C1. The third-order valence-corrected chi connectivity index (χ3v) is 10.0. The van der Waals surface area contributed by atoms with Gasteiger partial charge in [-0.1, -0.05) is 30.3 Å². The van der Waals surface area contributed by atoms with Crippen molar-refractivity contribution in [1.29, 1.82) is 0 Å². The van der Waals surface area contributed by atoms with Gasteiger partial charge in [0.2, 0.25) is 17.7 Å². The monoisotopic (exact) mass is 608 g/mol. The lowest BCUT2D eigenvalue weighted by Gasteiger charge is -2.40. The standard InChI is InChI=1S/C32H34F2N4O4S/c1-19(39)36-14-12-24-8-9-26(31(42)37-13-11-20-5-3-4-6-21(20)17-37)38(24)30(41)25(18-36)35-29(40)28-16-22-15-23(32(2,33)34)7-10-27(22)43-28/h3-7,10,15-16,24-26H,8-9,11-14,17-18H2,1-2H3,(H,35,40)/t24-,25+,26+/m1/s1. The van der Waals surface area contributed by atoms with E-state index in [9.17, 15) is 28.0 Å². The van der Waals surface area contributed by atoms with E-state index in [0.29, 0.717) is 49.0 Å². The van der Waals surface area contributed by atoms with E-state index in [4.69, 9.17) is 0 Å². The highest BCUT2D eigenvalue weighted by Gasteiger charge is 2.46. The summed E-state index contributed by atoms with van der Waals surface area (Å²) in [6.07, 6.45) is 2.47. The van der Waals surface area contributed by atoms with Crippen molar-refractivity contribution in [2.75, 3.05) is 19.6 Å². The van der Waals surface area contributed by atoms with E-state index in [-0.39, 0.29) is 40.7 Å². The Morgan fingerprint density at radius 2 is 1.74 bits per heavy atom. The molecule has 1 N–H and O–H groups in total. The van der Waals surface area contributed by atoms with Crippen LogP contribution in [0.5, 0.6) is 0 Å². The first-order chi connectivity index (χ1) is 20.5. The van der Waals surface area contributed by atoms with E-state index in [1.54, 1.807) is 21.9 Å². The number of amides is 4. The Balaban J connectivity index is 1.24.